The van der Waals surface area contributed by atoms with Crippen molar-refractivity contribution in [2.75, 3.05) is 0 Å². The normalized spacial score (nSPS) is 12.0. The molecule has 227 valence electrons. The van der Waals surface area contributed by atoms with Crippen LogP contribution in [0.3, 0.4) is 0 Å². The summed E-state index contributed by atoms with van der Waals surface area (Å²) in [6.45, 7) is 0. The Labute approximate surface area is 274 Å². The smallest absolute Gasteiger partial charge is 0.370 e. The van der Waals surface area contributed by atoms with E-state index in [4.69, 9.17) is 44.8 Å². The molecule has 0 saturated carbocycles. The van der Waals surface area contributed by atoms with Gasteiger partial charge in [-0.25, -0.2) is 29.9 Å². The van der Waals surface area contributed by atoms with Gasteiger partial charge in [-0.05, 0) is 6.07 Å². The minimum atomic E-state index is -4.38. The molecular formula is C32H17ClCuN8O3S. The quantitative estimate of drug-likeness (QED) is 0.148. The maximum Gasteiger partial charge on any atom is 0.401 e. The monoisotopic (exact) mass is 691 g/mol. The number of nitrogens with zero attached hydrogens (tertiary/aromatic N) is 6. The predicted molar refractivity (Wildman–Crippen MR) is 171 cm³/mol. The molecule has 0 aliphatic carbocycles. The number of aromatic amines is 2. The summed E-state index contributed by atoms with van der Waals surface area (Å²) in [5, 5.41) is 2.65. The Hall–Kier alpha value is -5.20. The summed E-state index contributed by atoms with van der Waals surface area (Å²) in [5.74, 6) is 1.71. The standard InChI is InChI=1S/C32H17ClN8O3S.Cu/c33-45(42,43)44-23-15-7-14-22-24(23)32-40-30-21-13-6-5-12-20(21)28(38-30)36-26-17-9-2-1-8-16(17)25(34-26)35-27-18-10-3-4-11-19(18)29(37-27)39-31(22)41-32;/h1-15H,(H2,34,35,36,37,38,39,40,41);. The number of benzene rings is 4. The first kappa shape index (κ1) is 28.3. The number of halogens is 1. The van der Waals surface area contributed by atoms with Gasteiger partial charge in [-0.2, -0.15) is 8.42 Å². The fourth-order valence-electron chi connectivity index (χ4n) is 5.83. The zero-order chi connectivity index (χ0) is 30.3. The van der Waals surface area contributed by atoms with E-state index < -0.39 is 9.33 Å². The van der Waals surface area contributed by atoms with Gasteiger partial charge in [-0.3, -0.25) is 0 Å². The van der Waals surface area contributed by atoms with E-state index in [1.807, 2.05) is 72.8 Å². The van der Waals surface area contributed by atoms with Crippen molar-refractivity contribution in [1.82, 2.24) is 39.9 Å². The van der Waals surface area contributed by atoms with Crippen molar-refractivity contribution in [3.63, 3.8) is 0 Å². The third-order valence-corrected chi connectivity index (χ3v) is 8.30. The Balaban J connectivity index is 0.00000312. The summed E-state index contributed by atoms with van der Waals surface area (Å²) in [6.07, 6.45) is 0. The molecule has 7 aromatic rings. The van der Waals surface area contributed by atoms with Crippen LogP contribution in [0.2, 0.25) is 0 Å². The molecule has 0 saturated heterocycles. The van der Waals surface area contributed by atoms with Crippen molar-refractivity contribution >= 4 is 64.1 Å². The molecule has 5 heterocycles. The van der Waals surface area contributed by atoms with Crippen LogP contribution in [0.4, 0.5) is 0 Å². The van der Waals surface area contributed by atoms with E-state index in [0.29, 0.717) is 51.0 Å². The van der Waals surface area contributed by atoms with Crippen LogP contribution in [0, 0.1) is 0 Å². The van der Waals surface area contributed by atoms with E-state index in [2.05, 4.69) is 9.97 Å². The molecule has 0 fully saturated rings. The van der Waals surface area contributed by atoms with Gasteiger partial charge in [0.15, 0.2) is 29.0 Å². The SMILES string of the molecule is O=S(=O)(Cl)Oc1cccc2c3nc4nc(nc5[nH]c(nc6nc(nc([nH]3)c12)-c1ccccc1-6)c1ccccc51)-c1ccccc1-4.[Cu]. The molecule has 0 atom stereocenters. The first-order chi connectivity index (χ1) is 21.9. The van der Waals surface area contributed by atoms with Gasteiger partial charge < -0.3 is 14.2 Å². The Bertz CT molecular complexity index is 2690. The topological polar surface area (TPSA) is 152 Å². The fourth-order valence-corrected chi connectivity index (χ4v) is 6.39. The van der Waals surface area contributed by atoms with E-state index in [-0.39, 0.29) is 28.5 Å². The van der Waals surface area contributed by atoms with Crippen LogP contribution in [0.1, 0.15) is 0 Å². The fraction of sp³-hybridized carbons (Fsp3) is 0. The Kier molecular flexibility index (Phi) is 6.41. The van der Waals surface area contributed by atoms with Gasteiger partial charge in [-0.15, -0.1) is 0 Å². The van der Waals surface area contributed by atoms with Gasteiger partial charge >= 0.3 is 9.33 Å². The molecule has 0 unspecified atom stereocenters. The molecule has 0 spiro atoms. The molecule has 9 rings (SSSR count). The van der Waals surface area contributed by atoms with Crippen LogP contribution >= 0.6 is 10.7 Å². The van der Waals surface area contributed by atoms with Gasteiger partial charge in [0.2, 0.25) is 0 Å². The average Bonchev–Trinajstić information content (AvgIpc) is 3.76. The Morgan fingerprint density at radius 3 is 1.37 bits per heavy atom. The van der Waals surface area contributed by atoms with Gasteiger partial charge in [-0.1, -0.05) is 84.9 Å². The number of rotatable bonds is 2. The first-order valence-electron chi connectivity index (χ1n) is 13.8. The summed E-state index contributed by atoms with van der Waals surface area (Å²) in [4.78, 5) is 36.0. The van der Waals surface area contributed by atoms with Crippen molar-refractivity contribution in [3.8, 4) is 51.3 Å². The van der Waals surface area contributed by atoms with Crippen molar-refractivity contribution in [3.05, 3.63) is 91.0 Å². The number of H-pyrrole nitrogens is 2. The third-order valence-electron chi connectivity index (χ3n) is 7.73. The molecule has 2 aliphatic heterocycles. The summed E-state index contributed by atoms with van der Waals surface area (Å²) in [6, 6.07) is 28.1. The van der Waals surface area contributed by atoms with Gasteiger partial charge in [0.1, 0.15) is 22.6 Å². The molecule has 2 aliphatic rings. The molecule has 46 heavy (non-hydrogen) atoms. The summed E-state index contributed by atoms with van der Waals surface area (Å²) in [7, 11) is 1.14. The molecule has 8 bridgehead atoms. The second-order valence-corrected chi connectivity index (χ2v) is 12.5. The summed E-state index contributed by atoms with van der Waals surface area (Å²) < 4.78 is 29.2. The minimum absolute atomic E-state index is 0. The van der Waals surface area contributed by atoms with E-state index in [1.54, 1.807) is 12.1 Å². The number of aromatic nitrogens is 8. The van der Waals surface area contributed by atoms with Gasteiger partial charge in [0, 0.05) is 55.5 Å². The summed E-state index contributed by atoms with van der Waals surface area (Å²) >= 11 is 0. The van der Waals surface area contributed by atoms with Crippen molar-refractivity contribution in [2.24, 2.45) is 0 Å². The van der Waals surface area contributed by atoms with Crippen LogP contribution in [0.25, 0.3) is 89.7 Å². The van der Waals surface area contributed by atoms with E-state index in [1.165, 1.54) is 6.07 Å². The zero-order valence-electron chi connectivity index (χ0n) is 23.2. The van der Waals surface area contributed by atoms with Crippen LogP contribution < -0.4 is 4.18 Å². The molecule has 0 amide bonds. The molecule has 2 N–H and O–H groups in total. The maximum absolute atomic E-state index is 12.0. The molecule has 14 heteroatoms. The number of nitrogens with one attached hydrogen (secondary N) is 2. The van der Waals surface area contributed by atoms with Crippen molar-refractivity contribution < 1.29 is 29.7 Å². The van der Waals surface area contributed by atoms with E-state index in [9.17, 15) is 8.42 Å². The number of fused-ring (bicyclic) bond motifs is 20. The van der Waals surface area contributed by atoms with Crippen LogP contribution in [0.5, 0.6) is 5.75 Å². The van der Waals surface area contributed by atoms with Crippen LogP contribution in [-0.2, 0) is 26.4 Å². The van der Waals surface area contributed by atoms with Crippen molar-refractivity contribution in [1.29, 1.82) is 0 Å². The largest absolute Gasteiger partial charge is 0.401 e. The van der Waals surface area contributed by atoms with Gasteiger partial charge in [0.05, 0.1) is 16.1 Å². The Morgan fingerprint density at radius 1 is 0.500 bits per heavy atom. The minimum Gasteiger partial charge on any atom is -0.370 e. The number of hydrogen-bond donors (Lipinski definition) is 2. The predicted octanol–water partition coefficient (Wildman–Crippen LogP) is 6.73. The van der Waals surface area contributed by atoms with E-state index in [0.717, 1.165) is 33.0 Å². The zero-order valence-corrected chi connectivity index (χ0v) is 25.7. The second-order valence-electron chi connectivity index (χ2n) is 10.4. The molecule has 1 radical (unpaired) electrons. The summed E-state index contributed by atoms with van der Waals surface area (Å²) in [5.41, 5.74) is 4.97. The first-order valence-corrected chi connectivity index (χ1v) is 16.0. The third kappa shape index (κ3) is 4.52. The molecule has 4 aromatic carbocycles. The van der Waals surface area contributed by atoms with Crippen LogP contribution in [0.15, 0.2) is 91.0 Å². The average molecular weight is 693 g/mol. The van der Waals surface area contributed by atoms with Crippen LogP contribution in [-0.4, -0.2) is 48.3 Å². The molecular weight excluding hydrogens is 675 g/mol. The van der Waals surface area contributed by atoms with E-state index >= 15 is 0 Å². The molecule has 11 nitrogen and oxygen atoms in total. The maximum atomic E-state index is 12.0. The van der Waals surface area contributed by atoms with Gasteiger partial charge in [0.25, 0.3) is 0 Å². The number of hydrogen-bond acceptors (Lipinski definition) is 9. The van der Waals surface area contributed by atoms with Crippen molar-refractivity contribution in [2.45, 2.75) is 0 Å². The second kappa shape index (κ2) is 10.4. The molecule has 3 aromatic heterocycles. The Morgan fingerprint density at radius 2 is 0.891 bits per heavy atom.